The topological polar surface area (TPSA) is 235 Å². The molecule has 21 nitrogen and oxygen atoms in total. The van der Waals surface area contributed by atoms with Crippen LogP contribution >= 0.6 is 49.9 Å². The molecule has 0 N–H and O–H groups in total. The third-order valence-corrected chi connectivity index (χ3v) is 22.3. The van der Waals surface area contributed by atoms with Crippen LogP contribution in [0.25, 0.3) is 65.9 Å². The number of benzene rings is 3. The lowest BCUT2D eigenvalue weighted by molar-refractivity contribution is -0.140. The number of thiazole rings is 3. The lowest BCUT2D eigenvalue weighted by Crippen LogP contribution is -2.23. The Bertz CT molecular complexity index is 4890. The Hall–Kier alpha value is -9.26. The first-order chi connectivity index (χ1) is 47.8. The van der Waals surface area contributed by atoms with Crippen LogP contribution in [0, 0.1) is 24.7 Å². The zero-order chi connectivity index (χ0) is 68.8. The number of hydrogen-bond acceptors (Lipinski definition) is 18. The molecule has 0 saturated heterocycles. The second kappa shape index (κ2) is 28.2. The van der Waals surface area contributed by atoms with E-state index in [-0.39, 0.29) is 63.8 Å². The lowest BCUT2D eigenvalue weighted by atomic mass is 9.91. The average molecular weight is 1460 g/mol. The van der Waals surface area contributed by atoms with Crippen molar-refractivity contribution in [1.29, 1.82) is 0 Å². The maximum Gasteiger partial charge on any atom is 0.434 e. The third kappa shape index (κ3) is 14.5. The highest BCUT2D eigenvalue weighted by Crippen LogP contribution is 2.49. The molecule has 0 spiro atoms. The van der Waals surface area contributed by atoms with Crippen molar-refractivity contribution in [1.82, 2.24) is 88.6 Å². The van der Waals surface area contributed by atoms with Gasteiger partial charge in [0.15, 0.2) is 40.5 Å². The molecule has 4 aliphatic rings. The van der Waals surface area contributed by atoms with Crippen LogP contribution in [-0.2, 0) is 66.2 Å². The van der Waals surface area contributed by atoms with E-state index in [0.717, 1.165) is 122 Å². The standard InChI is InChI=1S/C25H24F2N6OS.C22H21BrN6OS.C22H19F3N6OS/c1-32-21(17(13-28-32)25-30-20(23(26)27)22(35-25)15-7-8-15)18(34)11-14-9-10-33-19(12-14)29-24(31-33)16-5-3-2-4-6-16;1-13-20(23)31-22(25-13)16-12-24-28(2)19(16)17(30)10-14-8-9-29-18(11-14)26-21(27-29)15-6-4-3-5-7-15;1-30-19(15(11-26-30)21-27-17(12-33-21)22(23,24)25)16(32)9-13-7-8-31-18(10-13)28-20(29-31)14-5-3-2-4-6-14/h2-6,13-15,23H,7-12H2,1H3;3-7,12,14H,8-11H2,1-2H3;2-6,11-13H,7-10H2,1H3. The first-order valence-corrected chi connectivity index (χ1v) is 35.7. The van der Waals surface area contributed by atoms with Gasteiger partial charge in [0.2, 0.25) is 0 Å². The number of aromatic nitrogens is 18. The number of alkyl halides is 5. The maximum atomic E-state index is 13.6. The van der Waals surface area contributed by atoms with Gasteiger partial charge in [-0.05, 0) is 78.6 Å². The zero-order valence-corrected chi connectivity index (χ0v) is 58.1. The highest BCUT2D eigenvalue weighted by atomic mass is 79.9. The smallest absolute Gasteiger partial charge is 0.292 e. The van der Waals surface area contributed by atoms with Crippen molar-refractivity contribution in [2.24, 2.45) is 38.9 Å². The molecule has 1 saturated carbocycles. The average Bonchev–Trinajstić information content (AvgIpc) is 1.65. The van der Waals surface area contributed by atoms with E-state index in [4.69, 9.17) is 9.97 Å². The minimum absolute atomic E-state index is 0.0528. The molecule has 3 aliphatic heterocycles. The van der Waals surface area contributed by atoms with E-state index in [1.165, 1.54) is 38.2 Å². The first-order valence-electron chi connectivity index (χ1n) is 32.3. The summed E-state index contributed by atoms with van der Waals surface area (Å²) < 4.78 is 77.5. The predicted molar refractivity (Wildman–Crippen MR) is 366 cm³/mol. The highest BCUT2D eigenvalue weighted by molar-refractivity contribution is 9.11. The van der Waals surface area contributed by atoms with Crippen LogP contribution < -0.4 is 0 Å². The van der Waals surface area contributed by atoms with Crippen LogP contribution in [0.1, 0.15) is 135 Å². The van der Waals surface area contributed by atoms with E-state index in [9.17, 15) is 36.3 Å². The summed E-state index contributed by atoms with van der Waals surface area (Å²) in [5.74, 6) is 5.24. The van der Waals surface area contributed by atoms with Gasteiger partial charge in [-0.2, -0.15) is 43.8 Å². The summed E-state index contributed by atoms with van der Waals surface area (Å²) in [7, 11) is 5.14. The number of nitrogens with zero attached hydrogens (tertiary/aromatic N) is 18. The number of carbonyl (C=O) groups excluding carboxylic acids is 3. The predicted octanol–water partition coefficient (Wildman–Crippen LogP) is 14.8. The van der Waals surface area contributed by atoms with Gasteiger partial charge in [-0.25, -0.2) is 52.7 Å². The van der Waals surface area contributed by atoms with Gasteiger partial charge in [-0.15, -0.1) is 34.0 Å². The molecule has 0 bridgehead atoms. The van der Waals surface area contributed by atoms with Crippen LogP contribution in [0.15, 0.2) is 119 Å². The molecule has 16 rings (SSSR count). The van der Waals surface area contributed by atoms with Gasteiger partial charge in [-0.3, -0.25) is 28.4 Å². The van der Waals surface area contributed by atoms with Gasteiger partial charge >= 0.3 is 6.18 Å². The summed E-state index contributed by atoms with van der Waals surface area (Å²) >= 11 is 7.18. The molecule has 3 aromatic carbocycles. The van der Waals surface area contributed by atoms with Gasteiger partial charge in [0.25, 0.3) is 6.43 Å². The normalized spacial score (nSPS) is 16.5. The SMILES string of the molecule is Cc1nc(-c2cnn(C)c2C(=O)CC2CCn3nc(-c4ccccc4)nc3C2)sc1Br.Cn1ncc(-c2nc(C(F)(F)F)cs2)c1C(=O)CC1CCn2nc(-c3ccccc3)nc2C1.Cn1ncc(-c2nc(C(F)F)c(C3CC3)s2)c1C(=O)CC1CCn2nc(-c3ccccc3)nc2C1. The highest BCUT2D eigenvalue weighted by Gasteiger charge is 2.37. The number of Topliss-reactive ketones (excluding diaryl/α,β-unsaturated/α-hetero) is 3. The fraction of sp³-hybridized carbons (Fsp3) is 0.348. The van der Waals surface area contributed by atoms with Gasteiger partial charge in [0.05, 0.1) is 44.8 Å². The molecular formula is C69H64BrF5N18O3S3. The van der Waals surface area contributed by atoms with Crippen molar-refractivity contribution in [2.45, 2.75) is 116 Å². The lowest BCUT2D eigenvalue weighted by Gasteiger charge is -2.21. The van der Waals surface area contributed by atoms with Gasteiger partial charge < -0.3 is 0 Å². The van der Waals surface area contributed by atoms with Crippen LogP contribution in [0.5, 0.6) is 0 Å². The number of carbonyl (C=O) groups is 3. The zero-order valence-electron chi connectivity index (χ0n) is 54.0. The number of ketones is 3. The molecule has 12 aromatic rings. The van der Waals surface area contributed by atoms with Crippen molar-refractivity contribution in [3.8, 4) is 65.9 Å². The fourth-order valence-corrected chi connectivity index (χ4v) is 16.3. The molecule has 3 atom stereocenters. The van der Waals surface area contributed by atoms with E-state index in [1.54, 1.807) is 31.2 Å². The van der Waals surface area contributed by atoms with Gasteiger partial charge in [0.1, 0.15) is 55.3 Å². The van der Waals surface area contributed by atoms with Crippen molar-refractivity contribution in [3.05, 3.63) is 175 Å². The van der Waals surface area contributed by atoms with Gasteiger partial charge in [0, 0.05) is 106 Å². The van der Waals surface area contributed by atoms with Crippen LogP contribution in [0.4, 0.5) is 22.0 Å². The Balaban J connectivity index is 0.000000127. The molecular weight excluding hydrogens is 1400 g/mol. The largest absolute Gasteiger partial charge is 0.434 e. The molecule has 3 unspecified atom stereocenters. The first kappa shape index (κ1) is 66.9. The summed E-state index contributed by atoms with van der Waals surface area (Å²) in [6.07, 6.45) is 4.95. The fourth-order valence-electron chi connectivity index (χ4n) is 12.9. The summed E-state index contributed by atoms with van der Waals surface area (Å²) in [5.41, 5.74) is 5.73. The maximum absolute atomic E-state index is 13.6. The van der Waals surface area contributed by atoms with Crippen LogP contribution in [-0.4, -0.2) is 106 Å². The second-order valence-electron chi connectivity index (χ2n) is 25.1. The van der Waals surface area contributed by atoms with Crippen molar-refractivity contribution < 1.29 is 36.3 Å². The number of halogens is 6. The van der Waals surface area contributed by atoms with Crippen molar-refractivity contribution in [2.75, 3.05) is 0 Å². The molecule has 508 valence electrons. The molecule has 12 heterocycles. The Labute approximate surface area is 584 Å². The van der Waals surface area contributed by atoms with Crippen LogP contribution in [0.3, 0.4) is 0 Å². The summed E-state index contributed by atoms with van der Waals surface area (Å²) in [6, 6.07) is 29.6. The van der Waals surface area contributed by atoms with Gasteiger partial charge in [-0.1, -0.05) is 91.0 Å². The minimum atomic E-state index is -4.53. The summed E-state index contributed by atoms with van der Waals surface area (Å²) in [6.45, 7) is 4.10. The second-order valence-corrected chi connectivity index (χ2v) is 29.3. The van der Waals surface area contributed by atoms with Crippen LogP contribution in [0.2, 0.25) is 0 Å². The van der Waals surface area contributed by atoms with E-state index in [2.05, 4.69) is 66.5 Å². The molecule has 0 amide bonds. The van der Waals surface area contributed by atoms with Crippen molar-refractivity contribution >= 4 is 67.3 Å². The number of aryl methyl sites for hydroxylation is 7. The Morgan fingerprint density at radius 2 is 0.909 bits per heavy atom. The number of fused-ring (bicyclic) bond motifs is 3. The van der Waals surface area contributed by atoms with E-state index in [1.807, 2.05) is 119 Å². The molecule has 9 aromatic heterocycles. The molecule has 1 fully saturated rings. The molecule has 99 heavy (non-hydrogen) atoms. The van der Waals surface area contributed by atoms with Crippen molar-refractivity contribution in [3.63, 3.8) is 0 Å². The number of hydrogen-bond donors (Lipinski definition) is 0. The van der Waals surface area contributed by atoms with E-state index < -0.39 is 18.3 Å². The monoisotopic (exact) mass is 1460 g/mol. The Morgan fingerprint density at radius 1 is 0.525 bits per heavy atom. The summed E-state index contributed by atoms with van der Waals surface area (Å²) in [5, 5.41) is 29.0. The molecule has 1 aliphatic carbocycles. The summed E-state index contributed by atoms with van der Waals surface area (Å²) in [4.78, 5) is 67.2. The quantitative estimate of drug-likeness (QED) is 0.0609. The molecule has 0 radical (unpaired) electrons. The Morgan fingerprint density at radius 3 is 1.25 bits per heavy atom. The third-order valence-electron chi connectivity index (χ3n) is 18.1. The molecule has 30 heteroatoms. The minimum Gasteiger partial charge on any atom is -0.292 e. The van der Waals surface area contributed by atoms with E-state index in [0.29, 0.717) is 82.8 Å². The van der Waals surface area contributed by atoms with E-state index >= 15 is 0 Å². The Kier molecular flexibility index (Phi) is 19.0. The number of rotatable bonds is 17.